The van der Waals surface area contributed by atoms with Crippen molar-refractivity contribution in [3.05, 3.63) is 99.1 Å². The molecule has 7 rings (SSSR count). The molecule has 3 aromatic carbocycles. The molecule has 0 spiro atoms. The summed E-state index contributed by atoms with van der Waals surface area (Å²) >= 11 is 5.95. The highest BCUT2D eigenvalue weighted by molar-refractivity contribution is 6.32. The number of nitrogens with zero attached hydrogens (tertiary/aromatic N) is 2. The van der Waals surface area contributed by atoms with E-state index in [1.807, 2.05) is 28.9 Å². The van der Waals surface area contributed by atoms with Gasteiger partial charge in [0.15, 0.2) is 0 Å². The van der Waals surface area contributed by atoms with Crippen molar-refractivity contribution in [3.63, 3.8) is 0 Å². The Balaban J connectivity index is 1.13. The first-order chi connectivity index (χ1) is 25.6. The first-order valence-electron chi connectivity index (χ1n) is 18.9. The summed E-state index contributed by atoms with van der Waals surface area (Å²) < 4.78 is 38.7. The van der Waals surface area contributed by atoms with Gasteiger partial charge in [0.1, 0.15) is 28.2 Å². The Morgan fingerprint density at radius 1 is 1.02 bits per heavy atom. The molecular weight excluding hydrogens is 700 g/mol. The van der Waals surface area contributed by atoms with Gasteiger partial charge >= 0.3 is 0 Å². The van der Waals surface area contributed by atoms with Gasteiger partial charge in [-0.25, -0.2) is 8.78 Å². The molecule has 2 saturated heterocycles. The van der Waals surface area contributed by atoms with Gasteiger partial charge in [-0.05, 0) is 98.6 Å². The number of benzene rings is 3. The Morgan fingerprint density at radius 3 is 2.49 bits per heavy atom. The van der Waals surface area contributed by atoms with Gasteiger partial charge in [0.25, 0.3) is 5.91 Å². The van der Waals surface area contributed by atoms with Crippen LogP contribution in [0.3, 0.4) is 0 Å². The van der Waals surface area contributed by atoms with E-state index in [1.54, 1.807) is 7.11 Å². The molecule has 2 amide bonds. The number of fused-ring (bicyclic) bond motifs is 2. The lowest BCUT2D eigenvalue weighted by Crippen LogP contribution is -2.56. The summed E-state index contributed by atoms with van der Waals surface area (Å²) in [4.78, 5) is 32.7. The molecule has 0 aromatic heterocycles. The number of amides is 2. The summed E-state index contributed by atoms with van der Waals surface area (Å²) in [6.45, 7) is 3.88. The summed E-state index contributed by atoms with van der Waals surface area (Å²) in [7, 11) is 1.66. The predicted molar refractivity (Wildman–Crippen MR) is 200 cm³/mol. The van der Waals surface area contributed by atoms with E-state index in [2.05, 4.69) is 35.6 Å². The number of hydrogen-bond acceptors (Lipinski definition) is 6. The molecule has 2 bridgehead atoms. The number of likely N-dealkylation sites (tertiary alicyclic amines) is 1. The molecule has 53 heavy (non-hydrogen) atoms. The second-order valence-corrected chi connectivity index (χ2v) is 15.4. The Labute approximate surface area is 315 Å². The minimum absolute atomic E-state index is 0.0134. The van der Waals surface area contributed by atoms with E-state index in [0.29, 0.717) is 64.6 Å². The zero-order valence-electron chi connectivity index (χ0n) is 30.4. The summed E-state index contributed by atoms with van der Waals surface area (Å²) in [5.74, 6) is -0.856. The fourth-order valence-electron chi connectivity index (χ4n) is 8.26. The number of aliphatic hydroxyl groups excluding tert-OH is 1. The number of methoxy groups -OCH3 is 1. The first kappa shape index (κ1) is 37.3. The number of halogens is 3. The van der Waals surface area contributed by atoms with Gasteiger partial charge in [0, 0.05) is 61.4 Å². The van der Waals surface area contributed by atoms with Gasteiger partial charge in [-0.3, -0.25) is 9.59 Å². The lowest BCUT2D eigenvalue weighted by Gasteiger charge is -2.44. The van der Waals surface area contributed by atoms with Gasteiger partial charge in [-0.1, -0.05) is 48.0 Å². The van der Waals surface area contributed by atoms with Crippen molar-refractivity contribution in [1.82, 2.24) is 15.1 Å². The maximum absolute atomic E-state index is 15.0. The lowest BCUT2D eigenvalue weighted by molar-refractivity contribution is -0.139. The number of aliphatic hydroxyl groups is 1. The average molecular weight is 748 g/mol. The fraction of sp³-hybridized carbons (Fsp3) is 0.476. The third kappa shape index (κ3) is 8.40. The van der Waals surface area contributed by atoms with Gasteiger partial charge in [-0.15, -0.1) is 0 Å². The van der Waals surface area contributed by atoms with Crippen LogP contribution >= 0.6 is 11.6 Å². The van der Waals surface area contributed by atoms with Crippen molar-refractivity contribution in [2.45, 2.75) is 95.5 Å². The number of ether oxygens (including phenoxy) is 2. The molecule has 3 aromatic rings. The molecule has 11 heteroatoms. The van der Waals surface area contributed by atoms with Crippen LogP contribution in [0.15, 0.2) is 60.2 Å². The zero-order valence-corrected chi connectivity index (χ0v) is 31.1. The Morgan fingerprint density at radius 2 is 1.77 bits per heavy atom. The van der Waals surface area contributed by atoms with Crippen LogP contribution in [0.25, 0.3) is 5.57 Å². The SMILES string of the molecule is COc1cccc(CN(C(=O)C2=C(c3ccc(CCCOc4cc(F)cc(F)c4Cl)cc3)CC3CC(C(=O)N4CCC(O)CC4)CC2N3)C2CC2)c1C. The summed E-state index contributed by atoms with van der Waals surface area (Å²) in [5, 5.41) is 13.6. The van der Waals surface area contributed by atoms with E-state index < -0.39 is 11.6 Å². The highest BCUT2D eigenvalue weighted by Crippen LogP contribution is 2.42. The number of nitrogens with one attached hydrogen (secondary N) is 1. The van der Waals surface area contributed by atoms with Crippen molar-refractivity contribution in [2.24, 2.45) is 5.92 Å². The summed E-state index contributed by atoms with van der Waals surface area (Å²) in [5.41, 5.74) is 5.92. The molecule has 3 aliphatic heterocycles. The van der Waals surface area contributed by atoms with Crippen molar-refractivity contribution in [1.29, 1.82) is 0 Å². The van der Waals surface area contributed by atoms with Crippen LogP contribution in [-0.2, 0) is 22.6 Å². The van der Waals surface area contributed by atoms with Crippen LogP contribution in [0.5, 0.6) is 11.5 Å². The first-order valence-corrected chi connectivity index (χ1v) is 19.2. The van der Waals surface area contributed by atoms with Crippen LogP contribution in [0.1, 0.15) is 73.6 Å². The van der Waals surface area contributed by atoms with E-state index in [1.165, 1.54) is 0 Å². The van der Waals surface area contributed by atoms with Crippen LogP contribution in [0, 0.1) is 24.5 Å². The third-order valence-corrected chi connectivity index (χ3v) is 11.7. The number of carbonyl (C=O) groups is 2. The highest BCUT2D eigenvalue weighted by Gasteiger charge is 2.45. The molecule has 4 aliphatic rings. The number of hydrogen-bond donors (Lipinski definition) is 2. The topological polar surface area (TPSA) is 91.3 Å². The fourth-order valence-corrected chi connectivity index (χ4v) is 8.43. The van der Waals surface area contributed by atoms with Gasteiger partial charge in [0.05, 0.1) is 19.8 Å². The molecule has 2 N–H and O–H groups in total. The minimum Gasteiger partial charge on any atom is -0.496 e. The maximum atomic E-state index is 15.0. The minimum atomic E-state index is -0.855. The van der Waals surface area contributed by atoms with Crippen LogP contribution < -0.4 is 14.8 Å². The van der Waals surface area contributed by atoms with Gasteiger partial charge < -0.3 is 29.7 Å². The number of rotatable bonds is 12. The van der Waals surface area contributed by atoms with Crippen LogP contribution in [0.4, 0.5) is 8.78 Å². The molecule has 3 atom stereocenters. The molecule has 3 unspecified atom stereocenters. The van der Waals surface area contributed by atoms with Crippen LogP contribution in [-0.4, -0.2) is 77.8 Å². The number of aryl methyl sites for hydroxylation is 1. The molecule has 3 heterocycles. The summed E-state index contributed by atoms with van der Waals surface area (Å²) in [6, 6.07) is 16.0. The number of piperidine rings is 2. The van der Waals surface area contributed by atoms with E-state index >= 15 is 0 Å². The monoisotopic (exact) mass is 747 g/mol. The van der Waals surface area contributed by atoms with Gasteiger partial charge in [-0.2, -0.15) is 0 Å². The largest absolute Gasteiger partial charge is 0.496 e. The molecular formula is C42H48ClF2N3O5. The van der Waals surface area contributed by atoms with E-state index in [0.717, 1.165) is 64.1 Å². The second-order valence-electron chi connectivity index (χ2n) is 15.0. The van der Waals surface area contributed by atoms with E-state index in [4.69, 9.17) is 21.1 Å². The lowest BCUT2D eigenvalue weighted by atomic mass is 9.74. The van der Waals surface area contributed by atoms with Crippen molar-refractivity contribution in [2.75, 3.05) is 26.8 Å². The molecule has 1 saturated carbocycles. The third-order valence-electron chi connectivity index (χ3n) is 11.3. The number of carbonyl (C=O) groups excluding carboxylic acids is 2. The highest BCUT2D eigenvalue weighted by atomic mass is 35.5. The molecule has 0 radical (unpaired) electrons. The normalized spacial score (nSPS) is 21.8. The Bertz CT molecular complexity index is 1860. The van der Waals surface area contributed by atoms with Crippen molar-refractivity contribution in [3.8, 4) is 11.5 Å². The predicted octanol–water partition coefficient (Wildman–Crippen LogP) is 7.02. The smallest absolute Gasteiger partial charge is 0.252 e. The van der Waals surface area contributed by atoms with Crippen molar-refractivity contribution < 1.29 is 33.0 Å². The van der Waals surface area contributed by atoms with Crippen molar-refractivity contribution >= 4 is 29.0 Å². The summed E-state index contributed by atoms with van der Waals surface area (Å²) in [6.07, 6.45) is 5.93. The molecule has 1 aliphatic carbocycles. The van der Waals surface area contributed by atoms with E-state index in [-0.39, 0.29) is 59.3 Å². The molecule has 282 valence electrons. The quantitative estimate of drug-likeness (QED) is 0.153. The zero-order chi connectivity index (χ0) is 37.2. The van der Waals surface area contributed by atoms with Gasteiger partial charge in [0.2, 0.25) is 5.91 Å². The average Bonchev–Trinajstić information content (AvgIpc) is 4.00. The second kappa shape index (κ2) is 16.2. The Kier molecular flexibility index (Phi) is 11.4. The maximum Gasteiger partial charge on any atom is 0.252 e. The molecule has 8 nitrogen and oxygen atoms in total. The van der Waals surface area contributed by atoms with Crippen LogP contribution in [0.2, 0.25) is 5.02 Å². The Hall–Kier alpha value is -3.99. The standard InChI is InChI=1S/C42H48ClF2N3O5/c1-25-28(6-3-7-37(25)52-2)24-48(32-12-13-32)42(51)39-34(23-31-19-29(20-36(39)46-31)41(50)47-16-14-33(49)15-17-47)27-10-8-26(9-11-27)5-4-18-53-38-22-30(44)21-35(45)40(38)43/h3,6-11,21-22,29,31-33,36,46,49H,4-5,12-20,23-24H2,1-2H3. The van der Waals surface area contributed by atoms with E-state index in [9.17, 15) is 23.5 Å². The molecule has 3 fully saturated rings.